The molecule has 0 amide bonds. The molecule has 0 spiro atoms. The van der Waals surface area contributed by atoms with Gasteiger partial charge in [0.1, 0.15) is 0 Å². The molecular formula is C12H12N2O2S. The van der Waals surface area contributed by atoms with Crippen molar-refractivity contribution in [2.45, 2.75) is 13.0 Å². The van der Waals surface area contributed by atoms with Gasteiger partial charge in [0.05, 0.1) is 22.8 Å². The average Bonchev–Trinajstić information content (AvgIpc) is 2.82. The van der Waals surface area contributed by atoms with Crippen molar-refractivity contribution in [1.29, 1.82) is 0 Å². The molecule has 0 saturated carbocycles. The van der Waals surface area contributed by atoms with Crippen molar-refractivity contribution < 1.29 is 9.90 Å². The zero-order valence-electron chi connectivity index (χ0n) is 9.25. The summed E-state index contributed by atoms with van der Waals surface area (Å²) in [6.45, 7) is 1.99. The van der Waals surface area contributed by atoms with Crippen LogP contribution in [0.2, 0.25) is 0 Å². The molecule has 17 heavy (non-hydrogen) atoms. The SMILES string of the molecule is CC(Nc1cccc(C(=O)O)c1)c1cscn1. The summed E-state index contributed by atoms with van der Waals surface area (Å²) in [7, 11) is 0. The van der Waals surface area contributed by atoms with Crippen molar-refractivity contribution in [2.75, 3.05) is 5.32 Å². The van der Waals surface area contributed by atoms with Gasteiger partial charge in [0.2, 0.25) is 0 Å². The first-order chi connectivity index (χ1) is 8.16. The standard InChI is InChI=1S/C12H12N2O2S/c1-8(11-6-17-7-13-11)14-10-4-2-3-9(5-10)12(15)16/h2-8,14H,1H3,(H,15,16). The van der Waals surface area contributed by atoms with E-state index in [1.165, 1.54) is 0 Å². The van der Waals surface area contributed by atoms with E-state index >= 15 is 0 Å². The fourth-order valence-electron chi connectivity index (χ4n) is 1.50. The number of benzene rings is 1. The van der Waals surface area contributed by atoms with Gasteiger partial charge in [-0.05, 0) is 25.1 Å². The number of nitrogens with one attached hydrogen (secondary N) is 1. The third-order valence-electron chi connectivity index (χ3n) is 2.39. The number of carboxylic acid groups (broad SMARTS) is 1. The average molecular weight is 248 g/mol. The molecule has 2 N–H and O–H groups in total. The predicted molar refractivity (Wildman–Crippen MR) is 67.6 cm³/mol. The summed E-state index contributed by atoms with van der Waals surface area (Å²) in [6, 6.07) is 6.81. The summed E-state index contributed by atoms with van der Waals surface area (Å²) < 4.78 is 0. The second-order valence-electron chi connectivity index (χ2n) is 3.67. The number of rotatable bonds is 4. The maximum absolute atomic E-state index is 10.8. The topological polar surface area (TPSA) is 62.2 Å². The lowest BCUT2D eigenvalue weighted by Crippen LogP contribution is -2.07. The molecule has 1 heterocycles. The van der Waals surface area contributed by atoms with E-state index in [0.29, 0.717) is 0 Å². The zero-order chi connectivity index (χ0) is 12.3. The molecule has 1 aromatic heterocycles. The van der Waals surface area contributed by atoms with Gasteiger partial charge in [0, 0.05) is 11.1 Å². The van der Waals surface area contributed by atoms with Crippen molar-refractivity contribution >= 4 is 23.0 Å². The van der Waals surface area contributed by atoms with Gasteiger partial charge in [-0.15, -0.1) is 11.3 Å². The Morgan fingerprint density at radius 2 is 2.35 bits per heavy atom. The third kappa shape index (κ3) is 2.82. The monoisotopic (exact) mass is 248 g/mol. The summed E-state index contributed by atoms with van der Waals surface area (Å²) in [5, 5.41) is 14.1. The number of thiazole rings is 1. The Kier molecular flexibility index (Phi) is 3.39. The Balaban J connectivity index is 2.13. The minimum Gasteiger partial charge on any atom is -0.478 e. The lowest BCUT2D eigenvalue weighted by atomic mass is 10.2. The number of carbonyl (C=O) groups is 1. The molecule has 0 radical (unpaired) electrons. The van der Waals surface area contributed by atoms with E-state index in [4.69, 9.17) is 5.11 Å². The zero-order valence-corrected chi connectivity index (χ0v) is 10.1. The molecule has 0 fully saturated rings. The van der Waals surface area contributed by atoms with E-state index in [1.807, 2.05) is 18.4 Å². The molecule has 2 aromatic rings. The summed E-state index contributed by atoms with van der Waals surface area (Å²) >= 11 is 1.54. The van der Waals surface area contributed by atoms with Crippen LogP contribution in [0.15, 0.2) is 35.2 Å². The number of aromatic nitrogens is 1. The minimum absolute atomic E-state index is 0.0605. The highest BCUT2D eigenvalue weighted by Gasteiger charge is 2.08. The van der Waals surface area contributed by atoms with Crippen LogP contribution in [0.25, 0.3) is 0 Å². The number of nitrogens with zero attached hydrogens (tertiary/aromatic N) is 1. The molecule has 0 aliphatic carbocycles. The van der Waals surface area contributed by atoms with E-state index < -0.39 is 5.97 Å². The number of anilines is 1. The van der Waals surface area contributed by atoms with Crippen LogP contribution in [-0.2, 0) is 0 Å². The van der Waals surface area contributed by atoms with Gasteiger partial charge in [-0.2, -0.15) is 0 Å². The van der Waals surface area contributed by atoms with Crippen molar-refractivity contribution in [2.24, 2.45) is 0 Å². The maximum atomic E-state index is 10.8. The number of hydrogen-bond acceptors (Lipinski definition) is 4. The smallest absolute Gasteiger partial charge is 0.335 e. The molecule has 0 aliphatic heterocycles. The summed E-state index contributed by atoms with van der Waals surface area (Å²) in [6.07, 6.45) is 0. The first kappa shape index (κ1) is 11.6. The lowest BCUT2D eigenvalue weighted by Gasteiger charge is -2.13. The third-order valence-corrected chi connectivity index (χ3v) is 2.99. The minimum atomic E-state index is -0.921. The Labute approximate surface area is 103 Å². The van der Waals surface area contributed by atoms with E-state index in [2.05, 4.69) is 10.3 Å². The van der Waals surface area contributed by atoms with Crippen LogP contribution >= 0.6 is 11.3 Å². The molecule has 1 atom stereocenters. The highest BCUT2D eigenvalue weighted by Crippen LogP contribution is 2.19. The van der Waals surface area contributed by atoms with Crippen LogP contribution < -0.4 is 5.32 Å². The number of aromatic carboxylic acids is 1. The predicted octanol–water partition coefficient (Wildman–Crippen LogP) is 3.01. The summed E-state index contributed by atoms with van der Waals surface area (Å²) in [4.78, 5) is 15.0. The van der Waals surface area contributed by atoms with Crippen LogP contribution in [0, 0.1) is 0 Å². The molecular weight excluding hydrogens is 236 g/mol. The Morgan fingerprint density at radius 1 is 1.53 bits per heavy atom. The van der Waals surface area contributed by atoms with Gasteiger partial charge in [-0.3, -0.25) is 0 Å². The van der Waals surface area contributed by atoms with Crippen LogP contribution in [0.5, 0.6) is 0 Å². The molecule has 1 unspecified atom stereocenters. The fourth-order valence-corrected chi connectivity index (χ4v) is 2.15. The second-order valence-corrected chi connectivity index (χ2v) is 4.38. The number of hydrogen-bond donors (Lipinski definition) is 2. The quantitative estimate of drug-likeness (QED) is 0.873. The van der Waals surface area contributed by atoms with Crippen LogP contribution in [-0.4, -0.2) is 16.1 Å². The summed E-state index contributed by atoms with van der Waals surface area (Å²) in [5.41, 5.74) is 3.79. The van der Waals surface area contributed by atoms with Gasteiger partial charge in [-0.25, -0.2) is 9.78 Å². The fraction of sp³-hybridized carbons (Fsp3) is 0.167. The van der Waals surface area contributed by atoms with Crippen LogP contribution in [0.3, 0.4) is 0 Å². The second kappa shape index (κ2) is 4.97. The molecule has 0 aliphatic rings. The van der Waals surface area contributed by atoms with Gasteiger partial charge >= 0.3 is 5.97 Å². The highest BCUT2D eigenvalue weighted by atomic mass is 32.1. The van der Waals surface area contributed by atoms with Crippen LogP contribution in [0.4, 0.5) is 5.69 Å². The Morgan fingerprint density at radius 3 is 3.00 bits per heavy atom. The molecule has 2 rings (SSSR count). The molecule has 4 nitrogen and oxygen atoms in total. The van der Waals surface area contributed by atoms with Gasteiger partial charge in [-0.1, -0.05) is 6.07 Å². The maximum Gasteiger partial charge on any atom is 0.335 e. The van der Waals surface area contributed by atoms with Gasteiger partial charge in [0.15, 0.2) is 0 Å². The molecule has 88 valence electrons. The molecule has 0 saturated heterocycles. The van der Waals surface area contributed by atoms with Crippen LogP contribution in [0.1, 0.15) is 29.0 Å². The van der Waals surface area contributed by atoms with Crippen molar-refractivity contribution in [3.05, 3.63) is 46.4 Å². The Hall–Kier alpha value is -1.88. The van der Waals surface area contributed by atoms with Gasteiger partial charge < -0.3 is 10.4 Å². The van der Waals surface area contributed by atoms with Crippen molar-refractivity contribution in [3.63, 3.8) is 0 Å². The normalized spacial score (nSPS) is 12.1. The van der Waals surface area contributed by atoms with E-state index in [-0.39, 0.29) is 11.6 Å². The lowest BCUT2D eigenvalue weighted by molar-refractivity contribution is 0.0697. The molecule has 1 aromatic carbocycles. The molecule has 5 heteroatoms. The van der Waals surface area contributed by atoms with E-state index in [1.54, 1.807) is 35.0 Å². The Bertz CT molecular complexity index is 511. The van der Waals surface area contributed by atoms with E-state index in [0.717, 1.165) is 11.4 Å². The van der Waals surface area contributed by atoms with Crippen molar-refractivity contribution in [1.82, 2.24) is 4.98 Å². The number of carboxylic acids is 1. The highest BCUT2D eigenvalue weighted by molar-refractivity contribution is 7.07. The molecule has 0 bridgehead atoms. The first-order valence-corrected chi connectivity index (χ1v) is 6.09. The largest absolute Gasteiger partial charge is 0.478 e. The van der Waals surface area contributed by atoms with E-state index in [9.17, 15) is 4.79 Å². The van der Waals surface area contributed by atoms with Crippen molar-refractivity contribution in [3.8, 4) is 0 Å². The summed E-state index contributed by atoms with van der Waals surface area (Å²) in [5.74, 6) is -0.921. The first-order valence-electron chi connectivity index (χ1n) is 5.15. The van der Waals surface area contributed by atoms with Gasteiger partial charge in [0.25, 0.3) is 0 Å².